The predicted molar refractivity (Wildman–Crippen MR) is 138 cm³/mol. The highest BCUT2D eigenvalue weighted by Crippen LogP contribution is 2.43. The molecule has 2 atom stereocenters. The Bertz CT molecular complexity index is 967. The maximum atomic E-state index is 2.43. The van der Waals surface area contributed by atoms with Gasteiger partial charge in [0, 0.05) is 21.4 Å². The zero-order valence-corrected chi connectivity index (χ0v) is 21.7. The lowest BCUT2D eigenvalue weighted by atomic mass is 9.85. The van der Waals surface area contributed by atoms with Gasteiger partial charge in [-0.2, -0.15) is 0 Å². The van der Waals surface area contributed by atoms with E-state index in [1.54, 1.807) is 22.3 Å². The second-order valence-electron chi connectivity index (χ2n) is 11.7. The van der Waals surface area contributed by atoms with E-state index in [-0.39, 0.29) is 10.8 Å². The summed E-state index contributed by atoms with van der Waals surface area (Å²) in [5.41, 5.74) is 12.4. The van der Waals surface area contributed by atoms with Crippen molar-refractivity contribution in [2.24, 2.45) is 0 Å². The molecule has 0 bridgehead atoms. The van der Waals surface area contributed by atoms with E-state index in [0.29, 0.717) is 11.8 Å². The number of rotatable bonds is 4. The zero-order chi connectivity index (χ0) is 22.6. The molecule has 0 amide bonds. The third-order valence-corrected chi connectivity index (χ3v) is 8.61. The van der Waals surface area contributed by atoms with Crippen molar-refractivity contribution in [3.63, 3.8) is 0 Å². The third-order valence-electron chi connectivity index (χ3n) is 7.22. The summed E-state index contributed by atoms with van der Waals surface area (Å²) >= 11 is 0. The van der Waals surface area contributed by atoms with Crippen LogP contribution in [0.4, 0.5) is 0 Å². The molecule has 31 heavy (non-hydrogen) atoms. The minimum atomic E-state index is 0.212. The highest BCUT2D eigenvalue weighted by atomic mass is 28.2. The molecule has 2 aliphatic carbocycles. The smallest absolute Gasteiger partial charge is 0.0397 e. The largest absolute Gasteiger partial charge is 0.0655 e. The van der Waals surface area contributed by atoms with E-state index in [2.05, 4.69) is 104 Å². The first-order chi connectivity index (χ1) is 14.4. The normalized spacial score (nSPS) is 20.4. The fourth-order valence-corrected chi connectivity index (χ4v) is 6.89. The van der Waals surface area contributed by atoms with Gasteiger partial charge in [-0.1, -0.05) is 113 Å². The van der Waals surface area contributed by atoms with E-state index in [1.807, 2.05) is 0 Å². The van der Waals surface area contributed by atoms with Gasteiger partial charge < -0.3 is 0 Å². The van der Waals surface area contributed by atoms with Crippen LogP contribution in [0.3, 0.4) is 0 Å². The molecule has 2 aromatic carbocycles. The summed E-state index contributed by atoms with van der Waals surface area (Å²) in [7, 11) is 0.987. The molecule has 0 aliphatic heterocycles. The quantitative estimate of drug-likeness (QED) is 0.430. The van der Waals surface area contributed by atoms with Gasteiger partial charge in [-0.3, -0.25) is 0 Å². The van der Waals surface area contributed by atoms with Crippen molar-refractivity contribution in [1.29, 1.82) is 0 Å². The molecule has 2 unspecified atom stereocenters. The van der Waals surface area contributed by atoms with Gasteiger partial charge >= 0.3 is 0 Å². The highest BCUT2D eigenvalue weighted by molar-refractivity contribution is 6.36. The monoisotopic (exact) mass is 426 g/mol. The lowest BCUT2D eigenvalue weighted by Crippen LogP contribution is -2.12. The van der Waals surface area contributed by atoms with Gasteiger partial charge in [0.15, 0.2) is 0 Å². The standard InChI is InChI=1S/C30H38Si/c1-19-13-21-15-23(29(3,4)5)9-11-25(21)27(19)17-31-18-28-20(2)14-22-16-24(30(6,7)8)10-12-26(22)28/h9-16,27-28H,17-18H2,1-8H3. The van der Waals surface area contributed by atoms with Gasteiger partial charge in [0.1, 0.15) is 0 Å². The van der Waals surface area contributed by atoms with Crippen molar-refractivity contribution in [3.8, 4) is 0 Å². The van der Waals surface area contributed by atoms with Crippen LogP contribution in [-0.4, -0.2) is 9.52 Å². The number of benzene rings is 2. The molecule has 0 N–H and O–H groups in total. The van der Waals surface area contributed by atoms with Gasteiger partial charge in [0.05, 0.1) is 0 Å². The average molecular weight is 427 g/mol. The van der Waals surface area contributed by atoms with Crippen LogP contribution in [0.5, 0.6) is 0 Å². The van der Waals surface area contributed by atoms with Gasteiger partial charge in [0.25, 0.3) is 0 Å². The van der Waals surface area contributed by atoms with Crippen LogP contribution in [0.25, 0.3) is 12.2 Å². The summed E-state index contributed by atoms with van der Waals surface area (Å²) in [4.78, 5) is 0. The van der Waals surface area contributed by atoms with E-state index in [0.717, 1.165) is 9.52 Å². The summed E-state index contributed by atoms with van der Waals surface area (Å²) in [6.45, 7) is 18.5. The van der Waals surface area contributed by atoms with Crippen LogP contribution < -0.4 is 0 Å². The Labute approximate surface area is 192 Å². The molecule has 0 saturated carbocycles. The minimum Gasteiger partial charge on any atom is -0.0655 e. The summed E-state index contributed by atoms with van der Waals surface area (Å²) in [6, 6.07) is 16.9. The second kappa shape index (κ2) is 7.92. The molecular formula is C30H38Si. The van der Waals surface area contributed by atoms with Gasteiger partial charge in [-0.05, 0) is 58.1 Å². The molecule has 0 fully saturated rings. The molecule has 0 saturated heterocycles. The van der Waals surface area contributed by atoms with Crippen molar-refractivity contribution in [2.75, 3.05) is 0 Å². The van der Waals surface area contributed by atoms with E-state index in [4.69, 9.17) is 0 Å². The lowest BCUT2D eigenvalue weighted by Gasteiger charge is -2.22. The van der Waals surface area contributed by atoms with Gasteiger partial charge in [-0.25, -0.2) is 0 Å². The second-order valence-corrected chi connectivity index (χ2v) is 13.0. The maximum Gasteiger partial charge on any atom is 0.0397 e. The molecule has 0 heterocycles. The Kier molecular flexibility index (Phi) is 5.71. The van der Waals surface area contributed by atoms with Crippen LogP contribution in [-0.2, 0) is 10.8 Å². The molecule has 2 radical (unpaired) electrons. The van der Waals surface area contributed by atoms with Crippen LogP contribution in [0.1, 0.15) is 101 Å². The lowest BCUT2D eigenvalue weighted by molar-refractivity contribution is 0.589. The first-order valence-corrected chi connectivity index (χ1v) is 13.2. The number of hydrogen-bond donors (Lipinski definition) is 0. The highest BCUT2D eigenvalue weighted by Gasteiger charge is 2.27. The fourth-order valence-electron chi connectivity index (χ4n) is 5.06. The van der Waals surface area contributed by atoms with Crippen molar-refractivity contribution in [2.45, 2.75) is 90.1 Å². The molecule has 162 valence electrons. The SMILES string of the molecule is CC1=Cc2cc(C(C)(C)C)ccc2C1C[Si]CC1C(C)=Cc2cc(C(C)(C)C)ccc21. The van der Waals surface area contributed by atoms with E-state index in [9.17, 15) is 0 Å². The maximum absolute atomic E-state index is 2.43. The van der Waals surface area contributed by atoms with Crippen LogP contribution >= 0.6 is 0 Å². The van der Waals surface area contributed by atoms with Crippen LogP contribution in [0, 0.1) is 0 Å². The zero-order valence-electron chi connectivity index (χ0n) is 20.7. The van der Waals surface area contributed by atoms with Crippen molar-refractivity contribution < 1.29 is 0 Å². The van der Waals surface area contributed by atoms with E-state index < -0.39 is 0 Å². The average Bonchev–Trinajstić information content (AvgIpc) is 3.15. The summed E-state index contributed by atoms with van der Waals surface area (Å²) in [5.74, 6) is 1.21. The Balaban J connectivity index is 1.45. The van der Waals surface area contributed by atoms with Gasteiger partial charge in [0.2, 0.25) is 0 Å². The Morgan fingerprint density at radius 2 is 1.03 bits per heavy atom. The third kappa shape index (κ3) is 4.39. The summed E-state index contributed by atoms with van der Waals surface area (Å²) in [6.07, 6.45) is 4.87. The number of fused-ring (bicyclic) bond motifs is 2. The summed E-state index contributed by atoms with van der Waals surface area (Å²) in [5, 5.41) is 0. The molecule has 0 spiro atoms. The molecular weight excluding hydrogens is 388 g/mol. The molecule has 0 nitrogen and oxygen atoms in total. The Hall–Kier alpha value is -1.86. The van der Waals surface area contributed by atoms with Crippen molar-refractivity contribution >= 4 is 21.7 Å². The predicted octanol–water partition coefficient (Wildman–Crippen LogP) is 8.52. The number of hydrogen-bond acceptors (Lipinski definition) is 0. The van der Waals surface area contributed by atoms with E-state index in [1.165, 1.54) is 34.3 Å². The Morgan fingerprint density at radius 1 is 0.645 bits per heavy atom. The summed E-state index contributed by atoms with van der Waals surface area (Å²) < 4.78 is 0. The molecule has 2 aliphatic rings. The molecule has 2 aromatic rings. The van der Waals surface area contributed by atoms with Crippen LogP contribution in [0.2, 0.25) is 12.1 Å². The topological polar surface area (TPSA) is 0 Å². The first-order valence-electron chi connectivity index (χ1n) is 11.8. The number of allylic oxidation sites excluding steroid dienone is 2. The first kappa shape index (κ1) is 22.3. The molecule has 4 rings (SSSR count). The molecule has 0 aromatic heterocycles. The van der Waals surface area contributed by atoms with Crippen molar-refractivity contribution in [1.82, 2.24) is 0 Å². The van der Waals surface area contributed by atoms with Crippen LogP contribution in [0.15, 0.2) is 47.5 Å². The van der Waals surface area contributed by atoms with Gasteiger partial charge in [-0.15, -0.1) is 0 Å². The fraction of sp³-hybridized carbons (Fsp3) is 0.467. The minimum absolute atomic E-state index is 0.212. The van der Waals surface area contributed by atoms with E-state index >= 15 is 0 Å². The Morgan fingerprint density at radius 3 is 1.39 bits per heavy atom. The van der Waals surface area contributed by atoms with Crippen molar-refractivity contribution in [3.05, 3.63) is 80.9 Å². The molecule has 1 heteroatoms.